The van der Waals surface area contributed by atoms with Crippen LogP contribution in [-0.2, 0) is 7.05 Å². The topological polar surface area (TPSA) is 96.7 Å². The second kappa shape index (κ2) is 8.23. The molecule has 0 saturated heterocycles. The number of aromatic nitrogens is 2. The lowest BCUT2D eigenvalue weighted by molar-refractivity contribution is 0.336. The van der Waals surface area contributed by atoms with E-state index in [4.69, 9.17) is 9.73 Å². The van der Waals surface area contributed by atoms with Crippen LogP contribution >= 0.6 is 11.8 Å². The lowest BCUT2D eigenvalue weighted by Crippen LogP contribution is -2.32. The van der Waals surface area contributed by atoms with Gasteiger partial charge in [-0.15, -0.1) is 11.8 Å². The van der Waals surface area contributed by atoms with Gasteiger partial charge in [0.05, 0.1) is 18.0 Å². The molecule has 0 radical (unpaired) electrons. The van der Waals surface area contributed by atoms with Crippen molar-refractivity contribution in [1.82, 2.24) is 9.55 Å². The van der Waals surface area contributed by atoms with E-state index in [0.717, 1.165) is 20.8 Å². The van der Waals surface area contributed by atoms with Gasteiger partial charge in [-0.25, -0.2) is 4.79 Å². The number of hydrogen-bond donors (Lipinski definition) is 2. The van der Waals surface area contributed by atoms with E-state index in [1.807, 2.05) is 55.5 Å². The quantitative estimate of drug-likeness (QED) is 0.669. The number of benzene rings is 2. The monoisotopic (exact) mass is 423 g/mol. The van der Waals surface area contributed by atoms with Gasteiger partial charge in [0.1, 0.15) is 11.3 Å². The molecule has 0 unspecified atom stereocenters. The molecule has 2 aromatic carbocycles. The molecule has 0 amide bonds. The molecule has 1 atom stereocenters. The summed E-state index contributed by atoms with van der Waals surface area (Å²) in [6.45, 7) is 2.47. The smallest absolute Gasteiger partial charge is 0.330 e. The minimum Gasteiger partial charge on any atom is -0.494 e. The summed E-state index contributed by atoms with van der Waals surface area (Å²) < 4.78 is 6.83. The number of nitrogens with zero attached hydrogens (tertiary/aromatic N) is 2. The second-order valence-electron chi connectivity index (χ2n) is 6.82. The molecule has 8 heteroatoms. The minimum atomic E-state index is -0.677. The fourth-order valence-electron chi connectivity index (χ4n) is 3.44. The van der Waals surface area contributed by atoms with Crippen molar-refractivity contribution >= 4 is 23.2 Å². The van der Waals surface area contributed by atoms with Crippen molar-refractivity contribution in [2.24, 2.45) is 12.0 Å². The molecule has 4 rings (SSSR count). The summed E-state index contributed by atoms with van der Waals surface area (Å²) in [5.74, 6) is 0.374. The second-order valence-corrected chi connectivity index (χ2v) is 8.07. The number of fused-ring (bicyclic) bond motifs is 1. The number of aliphatic imine (C=N–C) groups is 1. The van der Waals surface area contributed by atoms with E-state index in [2.05, 4.69) is 4.98 Å². The lowest BCUT2D eigenvalue weighted by atomic mass is 10.0. The number of thioether (sulfide) groups is 1. The number of ether oxygens (including phenoxy) is 1. The molecule has 2 heterocycles. The van der Waals surface area contributed by atoms with E-state index in [-0.39, 0.29) is 10.8 Å². The van der Waals surface area contributed by atoms with Crippen LogP contribution in [0.25, 0.3) is 0 Å². The van der Waals surface area contributed by atoms with Crippen LogP contribution in [0.2, 0.25) is 0 Å². The van der Waals surface area contributed by atoms with Gasteiger partial charge in [-0.3, -0.25) is 19.3 Å². The van der Waals surface area contributed by atoms with Crippen molar-refractivity contribution in [1.29, 1.82) is 0 Å². The van der Waals surface area contributed by atoms with Gasteiger partial charge in [-0.05, 0) is 25.1 Å². The Labute approximate surface area is 177 Å². The molecule has 30 heavy (non-hydrogen) atoms. The van der Waals surface area contributed by atoms with E-state index in [1.165, 1.54) is 7.05 Å². The molecule has 0 fully saturated rings. The summed E-state index contributed by atoms with van der Waals surface area (Å²) >= 11 is 1.63. The maximum atomic E-state index is 12.6. The Bertz CT molecular complexity index is 1250. The molecular formula is C22H21N3O4S. The highest BCUT2D eigenvalue weighted by Gasteiger charge is 2.28. The van der Waals surface area contributed by atoms with Gasteiger partial charge >= 0.3 is 5.69 Å². The van der Waals surface area contributed by atoms with E-state index in [1.54, 1.807) is 11.8 Å². The third kappa shape index (κ3) is 3.66. The zero-order valence-electron chi connectivity index (χ0n) is 16.6. The highest BCUT2D eigenvalue weighted by atomic mass is 32.2. The predicted molar refractivity (Wildman–Crippen MR) is 117 cm³/mol. The summed E-state index contributed by atoms with van der Waals surface area (Å²) in [5.41, 5.74) is 0.779. The molecule has 7 nitrogen and oxygen atoms in total. The molecule has 0 spiro atoms. The Hall–Kier alpha value is -3.26. The number of H-pyrrole nitrogens is 1. The van der Waals surface area contributed by atoms with Crippen molar-refractivity contribution in [2.75, 3.05) is 6.61 Å². The first-order chi connectivity index (χ1) is 14.5. The Balaban J connectivity index is 1.91. The van der Waals surface area contributed by atoms with Gasteiger partial charge in [0.15, 0.2) is 0 Å². The van der Waals surface area contributed by atoms with Crippen molar-refractivity contribution in [3.63, 3.8) is 0 Å². The highest BCUT2D eigenvalue weighted by molar-refractivity contribution is 7.99. The van der Waals surface area contributed by atoms with Crippen LogP contribution in [0.15, 0.2) is 68.0 Å². The van der Waals surface area contributed by atoms with Crippen LogP contribution in [0.3, 0.4) is 0 Å². The highest BCUT2D eigenvalue weighted by Crippen LogP contribution is 2.47. The van der Waals surface area contributed by atoms with E-state index < -0.39 is 17.1 Å². The summed E-state index contributed by atoms with van der Waals surface area (Å²) in [7, 11) is 1.40. The molecular weight excluding hydrogens is 402 g/mol. The summed E-state index contributed by atoms with van der Waals surface area (Å²) in [6.07, 6.45) is 0.373. The number of nitrogens with one attached hydrogen (secondary N) is 1. The van der Waals surface area contributed by atoms with Gasteiger partial charge in [0.25, 0.3) is 5.56 Å². The zero-order chi connectivity index (χ0) is 21.3. The molecule has 3 aromatic rings. The van der Waals surface area contributed by atoms with Crippen LogP contribution in [0.1, 0.15) is 29.7 Å². The van der Waals surface area contributed by atoms with Crippen molar-refractivity contribution < 1.29 is 9.84 Å². The van der Waals surface area contributed by atoms with E-state index >= 15 is 0 Å². The summed E-state index contributed by atoms with van der Waals surface area (Å²) in [5, 5.41) is 10.5. The number of para-hydroxylation sites is 2. The zero-order valence-corrected chi connectivity index (χ0v) is 17.4. The van der Waals surface area contributed by atoms with Crippen molar-refractivity contribution in [2.45, 2.75) is 23.5 Å². The maximum absolute atomic E-state index is 12.6. The summed E-state index contributed by atoms with van der Waals surface area (Å²) in [6, 6.07) is 15.4. The largest absolute Gasteiger partial charge is 0.494 e. The van der Waals surface area contributed by atoms with Crippen molar-refractivity contribution in [3.8, 4) is 11.6 Å². The first kappa shape index (κ1) is 20.0. The fourth-order valence-corrected chi connectivity index (χ4v) is 4.71. The van der Waals surface area contributed by atoms with Gasteiger partial charge < -0.3 is 9.84 Å². The normalized spacial score (nSPS) is 15.8. The van der Waals surface area contributed by atoms with Gasteiger partial charge in [-0.2, -0.15) is 0 Å². The molecule has 2 N–H and O–H groups in total. The molecule has 1 aliphatic rings. The minimum absolute atomic E-state index is 0.00768. The Morgan fingerprint density at radius 3 is 2.73 bits per heavy atom. The van der Waals surface area contributed by atoms with E-state index in [0.29, 0.717) is 24.4 Å². The standard InChI is InChI=1S/C22H21N3O4S/c1-3-29-16-10-6-4-8-13(16)18-12-15(23-14-9-5-7-11-17(14)30-18)19-20(26)24-22(28)25(2)21(19)27/h4-11,18,27H,3,12H2,1-2H3,(H,24,26,28)/t18-/m0/s1. The first-order valence-electron chi connectivity index (χ1n) is 9.57. The lowest BCUT2D eigenvalue weighted by Gasteiger charge is -2.19. The Morgan fingerprint density at radius 1 is 1.20 bits per heavy atom. The predicted octanol–water partition coefficient (Wildman–Crippen LogP) is 3.54. The van der Waals surface area contributed by atoms with Crippen LogP contribution < -0.4 is 16.0 Å². The third-order valence-corrected chi connectivity index (χ3v) is 6.22. The van der Waals surface area contributed by atoms with Gasteiger partial charge in [0, 0.05) is 29.2 Å². The number of aromatic hydroxyl groups is 1. The van der Waals surface area contributed by atoms with Crippen LogP contribution in [0, 0.1) is 0 Å². The summed E-state index contributed by atoms with van der Waals surface area (Å²) in [4.78, 5) is 32.4. The molecule has 0 aliphatic carbocycles. The average molecular weight is 423 g/mol. The Kier molecular flexibility index (Phi) is 5.50. The van der Waals surface area contributed by atoms with Crippen LogP contribution in [0.5, 0.6) is 11.6 Å². The van der Waals surface area contributed by atoms with E-state index in [9.17, 15) is 14.7 Å². The molecule has 1 aromatic heterocycles. The van der Waals surface area contributed by atoms with Gasteiger partial charge in [0.2, 0.25) is 5.88 Å². The average Bonchev–Trinajstić information content (AvgIpc) is 2.92. The molecule has 0 bridgehead atoms. The SMILES string of the molecule is CCOc1ccccc1[C@@H]1CC(c2c(O)n(C)c(=O)[nH]c2=O)=Nc2ccccc2S1. The number of aromatic amines is 1. The van der Waals surface area contributed by atoms with Gasteiger partial charge in [-0.1, -0.05) is 30.3 Å². The fraction of sp³-hybridized carbons (Fsp3) is 0.227. The van der Waals surface area contributed by atoms with Crippen molar-refractivity contribution in [3.05, 3.63) is 80.5 Å². The molecule has 154 valence electrons. The Morgan fingerprint density at radius 2 is 1.93 bits per heavy atom. The number of rotatable bonds is 4. The van der Waals surface area contributed by atoms with Crippen LogP contribution in [-0.4, -0.2) is 27.0 Å². The third-order valence-electron chi connectivity index (χ3n) is 4.92. The molecule has 1 aliphatic heterocycles. The molecule has 0 saturated carbocycles. The maximum Gasteiger partial charge on any atom is 0.330 e. The first-order valence-corrected chi connectivity index (χ1v) is 10.4. The number of hydrogen-bond acceptors (Lipinski definition) is 6. The van der Waals surface area contributed by atoms with Crippen LogP contribution in [0.4, 0.5) is 5.69 Å².